The summed E-state index contributed by atoms with van der Waals surface area (Å²) in [6, 6.07) is 8.41. The standard InChI is InChI=1S/C18H28N2O/c1-13(2)16-11-7-8-12-17(16)19-14(3)18(21)20-15-9-5-4-6-10-15/h7-8,11-15,19H,4-6,9-10H2,1-3H3,(H,20,21). The van der Waals surface area contributed by atoms with Gasteiger partial charge in [0.25, 0.3) is 0 Å². The molecule has 2 rings (SSSR count). The second-order valence-corrected chi connectivity index (χ2v) is 6.45. The minimum absolute atomic E-state index is 0.112. The Kier molecular flexibility index (Phi) is 5.66. The number of benzene rings is 1. The average Bonchev–Trinajstić information content (AvgIpc) is 2.48. The van der Waals surface area contributed by atoms with Gasteiger partial charge >= 0.3 is 0 Å². The molecule has 1 aliphatic carbocycles. The number of hydrogen-bond donors (Lipinski definition) is 2. The number of nitrogens with one attached hydrogen (secondary N) is 2. The summed E-state index contributed by atoms with van der Waals surface area (Å²) in [6.07, 6.45) is 6.04. The molecule has 21 heavy (non-hydrogen) atoms. The maximum atomic E-state index is 12.3. The smallest absolute Gasteiger partial charge is 0.242 e. The van der Waals surface area contributed by atoms with E-state index in [2.05, 4.69) is 36.6 Å². The number of carbonyl (C=O) groups is 1. The maximum absolute atomic E-state index is 12.3. The van der Waals surface area contributed by atoms with E-state index < -0.39 is 0 Å². The summed E-state index contributed by atoms with van der Waals surface area (Å²) in [5, 5.41) is 6.56. The van der Waals surface area contributed by atoms with Crippen LogP contribution in [-0.4, -0.2) is 18.0 Å². The highest BCUT2D eigenvalue weighted by Crippen LogP contribution is 2.24. The van der Waals surface area contributed by atoms with Crippen molar-refractivity contribution in [3.05, 3.63) is 29.8 Å². The molecule has 0 radical (unpaired) electrons. The summed E-state index contributed by atoms with van der Waals surface area (Å²) in [6.45, 7) is 6.29. The predicted molar refractivity (Wildman–Crippen MR) is 88.6 cm³/mol. The monoisotopic (exact) mass is 288 g/mol. The molecule has 1 aliphatic rings. The summed E-state index contributed by atoms with van der Waals surface area (Å²) < 4.78 is 0. The molecule has 2 N–H and O–H groups in total. The molecule has 1 unspecified atom stereocenters. The van der Waals surface area contributed by atoms with Gasteiger partial charge in [-0.3, -0.25) is 4.79 Å². The van der Waals surface area contributed by atoms with Crippen LogP contribution in [0.4, 0.5) is 5.69 Å². The van der Waals surface area contributed by atoms with Crippen LogP contribution in [0.3, 0.4) is 0 Å². The first-order chi connectivity index (χ1) is 10.1. The summed E-state index contributed by atoms with van der Waals surface area (Å²) >= 11 is 0. The first kappa shape index (κ1) is 15.9. The zero-order valence-electron chi connectivity index (χ0n) is 13.5. The largest absolute Gasteiger partial charge is 0.374 e. The van der Waals surface area contributed by atoms with Crippen molar-refractivity contribution in [3.63, 3.8) is 0 Å². The third-order valence-corrected chi connectivity index (χ3v) is 4.30. The van der Waals surface area contributed by atoms with Gasteiger partial charge in [-0.15, -0.1) is 0 Å². The van der Waals surface area contributed by atoms with E-state index in [0.29, 0.717) is 12.0 Å². The molecule has 1 saturated carbocycles. The fourth-order valence-electron chi connectivity index (χ4n) is 3.00. The van der Waals surface area contributed by atoms with Gasteiger partial charge in [0.05, 0.1) is 0 Å². The normalized spacial score (nSPS) is 17.5. The zero-order valence-corrected chi connectivity index (χ0v) is 13.5. The second-order valence-electron chi connectivity index (χ2n) is 6.45. The second kappa shape index (κ2) is 7.48. The van der Waals surface area contributed by atoms with E-state index in [-0.39, 0.29) is 11.9 Å². The van der Waals surface area contributed by atoms with Gasteiger partial charge in [-0.25, -0.2) is 0 Å². The molecule has 0 saturated heterocycles. The van der Waals surface area contributed by atoms with E-state index in [4.69, 9.17) is 0 Å². The Morgan fingerprint density at radius 3 is 2.43 bits per heavy atom. The Balaban J connectivity index is 1.94. The molecule has 1 aromatic rings. The number of hydrogen-bond acceptors (Lipinski definition) is 2. The quantitative estimate of drug-likeness (QED) is 0.858. The topological polar surface area (TPSA) is 41.1 Å². The van der Waals surface area contributed by atoms with E-state index in [9.17, 15) is 4.79 Å². The molecule has 0 spiro atoms. The number of para-hydroxylation sites is 1. The van der Waals surface area contributed by atoms with Crippen LogP contribution in [-0.2, 0) is 4.79 Å². The lowest BCUT2D eigenvalue weighted by molar-refractivity contribution is -0.122. The molecule has 1 aromatic carbocycles. The highest BCUT2D eigenvalue weighted by Gasteiger charge is 2.20. The molecule has 1 atom stereocenters. The van der Waals surface area contributed by atoms with Gasteiger partial charge in [0, 0.05) is 11.7 Å². The number of anilines is 1. The van der Waals surface area contributed by atoms with Crippen LogP contribution >= 0.6 is 0 Å². The first-order valence-corrected chi connectivity index (χ1v) is 8.23. The molecule has 116 valence electrons. The predicted octanol–water partition coefficient (Wildman–Crippen LogP) is 4.06. The van der Waals surface area contributed by atoms with Gasteiger partial charge in [0.1, 0.15) is 6.04 Å². The molecule has 1 fully saturated rings. The molecule has 3 heteroatoms. The Morgan fingerprint density at radius 1 is 1.10 bits per heavy atom. The summed E-state index contributed by atoms with van der Waals surface area (Å²) in [7, 11) is 0. The van der Waals surface area contributed by atoms with Crippen molar-refractivity contribution in [2.24, 2.45) is 0 Å². The van der Waals surface area contributed by atoms with Crippen LogP contribution in [0.1, 0.15) is 64.4 Å². The van der Waals surface area contributed by atoms with Crippen LogP contribution in [0.15, 0.2) is 24.3 Å². The third kappa shape index (κ3) is 4.48. The van der Waals surface area contributed by atoms with E-state index >= 15 is 0 Å². The maximum Gasteiger partial charge on any atom is 0.242 e. The minimum atomic E-state index is -0.202. The van der Waals surface area contributed by atoms with Crippen molar-refractivity contribution in [2.45, 2.75) is 70.9 Å². The van der Waals surface area contributed by atoms with Crippen LogP contribution in [0.25, 0.3) is 0 Å². The van der Waals surface area contributed by atoms with Gasteiger partial charge in [-0.05, 0) is 37.3 Å². The molecular formula is C18H28N2O. The third-order valence-electron chi connectivity index (χ3n) is 4.30. The van der Waals surface area contributed by atoms with Gasteiger partial charge in [0.15, 0.2) is 0 Å². The number of amides is 1. The van der Waals surface area contributed by atoms with Crippen molar-refractivity contribution in [1.29, 1.82) is 0 Å². The summed E-state index contributed by atoms with van der Waals surface area (Å²) in [5.74, 6) is 0.558. The van der Waals surface area contributed by atoms with Gasteiger partial charge in [-0.1, -0.05) is 51.3 Å². The lowest BCUT2D eigenvalue weighted by Gasteiger charge is -2.25. The molecule has 0 aliphatic heterocycles. The minimum Gasteiger partial charge on any atom is -0.374 e. The van der Waals surface area contributed by atoms with Crippen molar-refractivity contribution in [3.8, 4) is 0 Å². The molecule has 1 amide bonds. The Labute approximate surface area is 128 Å². The fourth-order valence-corrected chi connectivity index (χ4v) is 3.00. The Morgan fingerprint density at radius 2 is 1.76 bits per heavy atom. The SMILES string of the molecule is CC(Nc1ccccc1C(C)C)C(=O)NC1CCCCC1. The molecule has 3 nitrogen and oxygen atoms in total. The van der Waals surface area contributed by atoms with Crippen LogP contribution in [0.2, 0.25) is 0 Å². The molecule has 0 bridgehead atoms. The van der Waals surface area contributed by atoms with Crippen molar-refractivity contribution >= 4 is 11.6 Å². The van der Waals surface area contributed by atoms with Crippen LogP contribution < -0.4 is 10.6 Å². The van der Waals surface area contributed by atoms with Crippen LogP contribution in [0.5, 0.6) is 0 Å². The van der Waals surface area contributed by atoms with Gasteiger partial charge < -0.3 is 10.6 Å². The van der Waals surface area contributed by atoms with E-state index in [1.165, 1.54) is 24.8 Å². The number of rotatable bonds is 5. The fraction of sp³-hybridized carbons (Fsp3) is 0.611. The van der Waals surface area contributed by atoms with E-state index in [1.54, 1.807) is 0 Å². The van der Waals surface area contributed by atoms with Gasteiger partial charge in [-0.2, -0.15) is 0 Å². The number of carbonyl (C=O) groups excluding carboxylic acids is 1. The molecule has 0 aromatic heterocycles. The first-order valence-electron chi connectivity index (χ1n) is 8.23. The lowest BCUT2D eigenvalue weighted by Crippen LogP contribution is -2.44. The highest BCUT2D eigenvalue weighted by atomic mass is 16.2. The van der Waals surface area contributed by atoms with Crippen molar-refractivity contribution < 1.29 is 4.79 Å². The van der Waals surface area contributed by atoms with Gasteiger partial charge in [0.2, 0.25) is 5.91 Å². The zero-order chi connectivity index (χ0) is 15.2. The summed E-state index contributed by atoms with van der Waals surface area (Å²) in [5.41, 5.74) is 2.33. The summed E-state index contributed by atoms with van der Waals surface area (Å²) in [4.78, 5) is 12.3. The Bertz CT molecular complexity index is 464. The van der Waals surface area contributed by atoms with Crippen molar-refractivity contribution in [2.75, 3.05) is 5.32 Å². The van der Waals surface area contributed by atoms with E-state index in [1.807, 2.05) is 19.1 Å². The Hall–Kier alpha value is -1.51. The lowest BCUT2D eigenvalue weighted by atomic mass is 9.95. The van der Waals surface area contributed by atoms with E-state index in [0.717, 1.165) is 18.5 Å². The highest BCUT2D eigenvalue weighted by molar-refractivity contribution is 5.84. The van der Waals surface area contributed by atoms with Crippen molar-refractivity contribution in [1.82, 2.24) is 5.32 Å². The molecular weight excluding hydrogens is 260 g/mol. The van der Waals surface area contributed by atoms with Crippen LogP contribution in [0, 0.1) is 0 Å². The molecule has 0 heterocycles. The average molecular weight is 288 g/mol.